The van der Waals surface area contributed by atoms with Crippen molar-refractivity contribution in [2.75, 3.05) is 13.7 Å². The molecule has 4 nitrogen and oxygen atoms in total. The highest BCUT2D eigenvalue weighted by Crippen LogP contribution is 2.23. The molecule has 0 heterocycles. The standard InChI is InChI=1S/C8H15IN2O2/c1-5-10-11(4)8(3,9)7(12)13-6-2/h5H,6H2,1-4H3/b10-5-. The van der Waals surface area contributed by atoms with Crippen LogP contribution < -0.4 is 0 Å². The molecule has 0 fully saturated rings. The van der Waals surface area contributed by atoms with Crippen LogP contribution in [0.3, 0.4) is 0 Å². The molecule has 0 aromatic rings. The highest BCUT2D eigenvalue weighted by Gasteiger charge is 2.35. The monoisotopic (exact) mass is 298 g/mol. The van der Waals surface area contributed by atoms with Crippen molar-refractivity contribution in [3.63, 3.8) is 0 Å². The normalized spacial score (nSPS) is 15.5. The molecular formula is C8H15IN2O2. The van der Waals surface area contributed by atoms with Crippen molar-refractivity contribution >= 4 is 34.8 Å². The summed E-state index contributed by atoms with van der Waals surface area (Å²) >= 11 is 2.01. The summed E-state index contributed by atoms with van der Waals surface area (Å²) in [5.74, 6) is -0.274. The molecule has 0 saturated carbocycles. The molecule has 0 rings (SSSR count). The van der Waals surface area contributed by atoms with E-state index < -0.39 is 3.55 Å². The first-order chi connectivity index (χ1) is 5.96. The highest BCUT2D eigenvalue weighted by molar-refractivity contribution is 14.1. The van der Waals surface area contributed by atoms with Crippen LogP contribution >= 0.6 is 22.6 Å². The van der Waals surface area contributed by atoms with Crippen LogP contribution in [0.1, 0.15) is 20.8 Å². The lowest BCUT2D eigenvalue weighted by Crippen LogP contribution is -2.43. The van der Waals surface area contributed by atoms with Gasteiger partial charge in [-0.2, -0.15) is 5.10 Å². The number of hydrogen-bond acceptors (Lipinski definition) is 4. The van der Waals surface area contributed by atoms with Crippen LogP contribution in [0, 0.1) is 0 Å². The minimum atomic E-state index is -0.736. The van der Waals surface area contributed by atoms with Gasteiger partial charge in [-0.3, -0.25) is 5.01 Å². The first kappa shape index (κ1) is 12.7. The van der Waals surface area contributed by atoms with Crippen molar-refractivity contribution in [1.82, 2.24) is 5.01 Å². The van der Waals surface area contributed by atoms with Gasteiger partial charge in [0.25, 0.3) is 0 Å². The summed E-state index contributed by atoms with van der Waals surface area (Å²) in [7, 11) is 1.74. The summed E-state index contributed by atoms with van der Waals surface area (Å²) in [6, 6.07) is 0. The molecule has 0 amide bonds. The van der Waals surface area contributed by atoms with Crippen LogP contribution in [-0.4, -0.2) is 34.4 Å². The molecule has 0 saturated heterocycles. The Hall–Kier alpha value is -0.330. The van der Waals surface area contributed by atoms with E-state index in [0.717, 1.165) is 0 Å². The number of carbonyl (C=O) groups excluding carboxylic acids is 1. The summed E-state index contributed by atoms with van der Waals surface area (Å²) in [4.78, 5) is 11.4. The molecule has 0 radical (unpaired) electrons. The summed E-state index contributed by atoms with van der Waals surface area (Å²) in [6.45, 7) is 5.74. The van der Waals surface area contributed by atoms with Crippen molar-refractivity contribution in [3.8, 4) is 0 Å². The summed E-state index contributed by atoms with van der Waals surface area (Å²) in [5.41, 5.74) is 0. The Kier molecular flexibility index (Phi) is 5.27. The van der Waals surface area contributed by atoms with Crippen molar-refractivity contribution in [2.24, 2.45) is 5.10 Å². The van der Waals surface area contributed by atoms with Gasteiger partial charge in [-0.25, -0.2) is 4.79 Å². The lowest BCUT2D eigenvalue weighted by atomic mass is 10.3. The van der Waals surface area contributed by atoms with E-state index >= 15 is 0 Å². The van der Waals surface area contributed by atoms with E-state index in [1.54, 1.807) is 39.0 Å². The molecule has 1 atom stereocenters. The number of rotatable bonds is 4. The minimum Gasteiger partial charge on any atom is -0.464 e. The molecule has 5 heteroatoms. The maximum atomic E-state index is 11.4. The molecule has 1 unspecified atom stereocenters. The lowest BCUT2D eigenvalue weighted by Gasteiger charge is -2.28. The quantitative estimate of drug-likeness (QED) is 0.198. The smallest absolute Gasteiger partial charge is 0.343 e. The maximum absolute atomic E-state index is 11.4. The Morgan fingerprint density at radius 2 is 2.31 bits per heavy atom. The number of alkyl halides is 1. The molecule has 0 aliphatic rings. The van der Waals surface area contributed by atoms with E-state index in [2.05, 4.69) is 5.10 Å². The first-order valence-electron chi connectivity index (χ1n) is 4.05. The fourth-order valence-electron chi connectivity index (χ4n) is 0.677. The van der Waals surface area contributed by atoms with Gasteiger partial charge < -0.3 is 4.74 Å². The molecule has 0 aromatic carbocycles. The van der Waals surface area contributed by atoms with Gasteiger partial charge >= 0.3 is 5.97 Å². The Morgan fingerprint density at radius 1 is 1.77 bits per heavy atom. The first-order valence-corrected chi connectivity index (χ1v) is 5.13. The average Bonchev–Trinajstić information content (AvgIpc) is 2.05. The van der Waals surface area contributed by atoms with E-state index in [0.29, 0.717) is 6.61 Å². The number of hydrogen-bond donors (Lipinski definition) is 0. The molecule has 0 N–H and O–H groups in total. The molecule has 13 heavy (non-hydrogen) atoms. The molecular weight excluding hydrogens is 283 g/mol. The van der Waals surface area contributed by atoms with Crippen LogP contribution in [0.4, 0.5) is 0 Å². The second-order valence-electron chi connectivity index (χ2n) is 2.57. The van der Waals surface area contributed by atoms with Crippen molar-refractivity contribution in [2.45, 2.75) is 24.3 Å². The molecule has 0 spiro atoms. The van der Waals surface area contributed by atoms with E-state index in [4.69, 9.17) is 4.74 Å². The third kappa shape index (κ3) is 3.50. The van der Waals surface area contributed by atoms with Crippen LogP contribution in [0.25, 0.3) is 0 Å². The number of carbonyl (C=O) groups is 1. The zero-order valence-corrected chi connectivity index (χ0v) is 10.5. The van der Waals surface area contributed by atoms with Crippen molar-refractivity contribution < 1.29 is 9.53 Å². The van der Waals surface area contributed by atoms with Gasteiger partial charge in [0.15, 0.2) is 0 Å². The topological polar surface area (TPSA) is 41.9 Å². The Bertz CT molecular complexity index is 204. The molecule has 0 aromatic heterocycles. The molecule has 0 bridgehead atoms. The van der Waals surface area contributed by atoms with E-state index in [1.165, 1.54) is 0 Å². The maximum Gasteiger partial charge on any atom is 0.343 e. The summed E-state index contributed by atoms with van der Waals surface area (Å²) < 4.78 is 4.18. The number of nitrogens with zero attached hydrogens (tertiary/aromatic N) is 2. The van der Waals surface area contributed by atoms with Gasteiger partial charge in [0.1, 0.15) is 0 Å². The fraction of sp³-hybridized carbons (Fsp3) is 0.750. The van der Waals surface area contributed by atoms with Crippen LogP contribution in [0.2, 0.25) is 0 Å². The summed E-state index contributed by atoms with van der Waals surface area (Å²) in [5, 5.41) is 5.57. The van der Waals surface area contributed by atoms with Crippen LogP contribution in [0.15, 0.2) is 5.10 Å². The predicted octanol–water partition coefficient (Wildman–Crippen LogP) is 1.64. The van der Waals surface area contributed by atoms with Gasteiger partial charge in [-0.05, 0) is 43.4 Å². The van der Waals surface area contributed by atoms with Gasteiger partial charge in [0.2, 0.25) is 3.55 Å². The van der Waals surface area contributed by atoms with Gasteiger partial charge in [0.05, 0.1) is 6.61 Å². The second-order valence-corrected chi connectivity index (χ2v) is 4.67. The SMILES string of the molecule is C/C=N\N(C)C(C)(I)C(=O)OCC. The minimum absolute atomic E-state index is 0.274. The number of ether oxygens (including phenoxy) is 1. The van der Waals surface area contributed by atoms with Crippen molar-refractivity contribution in [1.29, 1.82) is 0 Å². The number of halogens is 1. The molecule has 76 valence electrons. The van der Waals surface area contributed by atoms with Gasteiger partial charge in [-0.15, -0.1) is 0 Å². The molecule has 0 aliphatic carbocycles. The van der Waals surface area contributed by atoms with E-state index in [1.807, 2.05) is 22.6 Å². The summed E-state index contributed by atoms with van der Waals surface area (Å²) in [6.07, 6.45) is 1.64. The predicted molar refractivity (Wildman–Crippen MR) is 61.0 cm³/mol. The van der Waals surface area contributed by atoms with E-state index in [9.17, 15) is 4.79 Å². The third-order valence-electron chi connectivity index (χ3n) is 1.54. The van der Waals surface area contributed by atoms with Crippen LogP contribution in [-0.2, 0) is 9.53 Å². The molecule has 0 aliphatic heterocycles. The third-order valence-corrected chi connectivity index (χ3v) is 2.68. The zero-order chi connectivity index (χ0) is 10.5. The Morgan fingerprint density at radius 3 is 2.69 bits per heavy atom. The van der Waals surface area contributed by atoms with Crippen molar-refractivity contribution in [3.05, 3.63) is 0 Å². The largest absolute Gasteiger partial charge is 0.464 e. The number of esters is 1. The van der Waals surface area contributed by atoms with Gasteiger partial charge in [-0.1, -0.05) is 0 Å². The fourth-order valence-corrected chi connectivity index (χ4v) is 0.957. The number of hydrazone groups is 1. The average molecular weight is 298 g/mol. The van der Waals surface area contributed by atoms with Gasteiger partial charge in [0, 0.05) is 13.3 Å². The van der Waals surface area contributed by atoms with Crippen LogP contribution in [0.5, 0.6) is 0 Å². The second kappa shape index (κ2) is 5.41. The van der Waals surface area contributed by atoms with E-state index in [-0.39, 0.29) is 5.97 Å². The Labute approximate surface area is 92.5 Å². The number of likely N-dealkylation sites (N-methyl/N-ethyl adjacent to an activating group) is 1. The Balaban J connectivity index is 4.44. The lowest BCUT2D eigenvalue weighted by molar-refractivity contribution is -0.149. The highest BCUT2D eigenvalue weighted by atomic mass is 127. The zero-order valence-electron chi connectivity index (χ0n) is 8.37.